The summed E-state index contributed by atoms with van der Waals surface area (Å²) < 4.78 is 35.5. The second-order valence-electron chi connectivity index (χ2n) is 22.1. The molecule has 14 atom stereocenters. The van der Waals surface area contributed by atoms with Crippen LogP contribution in [0.1, 0.15) is 113 Å². The third-order valence-electron chi connectivity index (χ3n) is 16.3. The van der Waals surface area contributed by atoms with Gasteiger partial charge in [-0.25, -0.2) is 0 Å². The third-order valence-corrected chi connectivity index (χ3v) is 21.3. The molecule has 0 radical (unpaired) electrons. The smallest absolute Gasteiger partial charge is 0.384 e. The van der Waals surface area contributed by atoms with Crippen molar-refractivity contribution in [3.8, 4) is 17.2 Å². The van der Waals surface area contributed by atoms with Crippen molar-refractivity contribution >= 4 is 29.1 Å². The average Bonchev–Trinajstić information content (AvgIpc) is 3.37. The van der Waals surface area contributed by atoms with Crippen molar-refractivity contribution in [1.29, 1.82) is 0 Å². The molecule has 2 fully saturated rings. The Morgan fingerprint density at radius 1 is 0.726 bits per heavy atom. The minimum atomic E-state index is -2.56. The monoisotopic (exact) mass is 1040 g/mol. The summed E-state index contributed by atoms with van der Waals surface area (Å²) in [7, 11) is 6.30. The van der Waals surface area contributed by atoms with Gasteiger partial charge in [-0.05, 0) is 54.6 Å². The van der Waals surface area contributed by atoms with Gasteiger partial charge in [-0.1, -0.05) is 13.8 Å². The van der Waals surface area contributed by atoms with Crippen LogP contribution in [-0.4, -0.2) is 162 Å². The molecule has 3 aromatic carbocycles. The summed E-state index contributed by atoms with van der Waals surface area (Å²) in [4.78, 5) is 18.0. The summed E-state index contributed by atoms with van der Waals surface area (Å²) in [6.45, 7) is 15.2. The Bertz CT molecular complexity index is 1990. The molecule has 412 valence electrons. The molecule has 2 aliphatic heterocycles. The number of carbonyl (C=O) groups is 1. The first-order valence-electron chi connectivity index (χ1n) is 26.9. The molecule has 0 saturated carbocycles. The van der Waals surface area contributed by atoms with Crippen LogP contribution in [0.5, 0.6) is 17.2 Å². The van der Waals surface area contributed by atoms with Crippen LogP contribution in [0.2, 0.25) is 0 Å². The van der Waals surface area contributed by atoms with Crippen LogP contribution < -0.4 is 30.1 Å². The summed E-state index contributed by atoms with van der Waals surface area (Å²) in [5, 5.41) is 63.9. The molecule has 0 amide bonds. The summed E-state index contributed by atoms with van der Waals surface area (Å²) >= 11 is 0. The molecule has 3 aromatic rings. The van der Waals surface area contributed by atoms with Crippen molar-refractivity contribution in [3.05, 3.63) is 72.8 Å². The quantitative estimate of drug-likeness (QED) is 0.0503. The van der Waals surface area contributed by atoms with Gasteiger partial charge in [0, 0.05) is 12.0 Å². The Morgan fingerprint density at radius 3 is 1.67 bits per heavy atom. The Balaban J connectivity index is 1.34. The zero-order valence-electron chi connectivity index (χ0n) is 46.3. The van der Waals surface area contributed by atoms with Crippen molar-refractivity contribution in [2.24, 2.45) is 17.8 Å². The van der Waals surface area contributed by atoms with E-state index < -0.39 is 79.1 Å². The van der Waals surface area contributed by atoms with Crippen molar-refractivity contribution in [1.82, 2.24) is 9.80 Å². The van der Waals surface area contributed by atoms with Crippen LogP contribution in [0, 0.1) is 17.8 Å². The Kier molecular flexibility index (Phi) is 22.4. The minimum Gasteiger partial charge on any atom is -0.384 e. The topological polar surface area (TPSA) is 180 Å². The second-order valence-corrected chi connectivity index (χ2v) is 26.2. The van der Waals surface area contributed by atoms with Crippen molar-refractivity contribution < 1.29 is 58.7 Å². The van der Waals surface area contributed by atoms with E-state index in [2.05, 4.69) is 77.7 Å². The third kappa shape index (κ3) is 14.8. The number of hydrogen-bond acceptors (Lipinski definition) is 14. The van der Waals surface area contributed by atoms with Crippen molar-refractivity contribution in [2.45, 2.75) is 179 Å². The number of aliphatic hydroxyl groups is 5. The van der Waals surface area contributed by atoms with Gasteiger partial charge in [0.2, 0.25) is 0 Å². The molecule has 0 bridgehead atoms. The summed E-state index contributed by atoms with van der Waals surface area (Å²) in [6.07, 6.45) is 0.796. The zero-order valence-corrected chi connectivity index (χ0v) is 47.3. The van der Waals surface area contributed by atoms with Crippen LogP contribution in [0.25, 0.3) is 0 Å². The number of unbranched alkanes of at least 4 members (excludes halogenated alkanes) is 5. The maximum atomic E-state index is 13.8. The fourth-order valence-corrected chi connectivity index (χ4v) is 16.7. The van der Waals surface area contributed by atoms with Gasteiger partial charge in [-0.3, -0.25) is 4.79 Å². The molecule has 0 spiro atoms. The molecule has 14 nitrogen and oxygen atoms in total. The van der Waals surface area contributed by atoms with E-state index in [-0.39, 0.29) is 30.9 Å². The van der Waals surface area contributed by atoms with Gasteiger partial charge in [0.1, 0.15) is 12.2 Å². The molecular formula is C58H93N2O12P. The van der Waals surface area contributed by atoms with Gasteiger partial charge >= 0.3 is 266 Å². The van der Waals surface area contributed by atoms with Gasteiger partial charge in [0.05, 0.1) is 29.8 Å². The normalized spacial score (nSPS) is 32.6. The van der Waals surface area contributed by atoms with Crippen LogP contribution in [-0.2, 0) is 19.0 Å². The van der Waals surface area contributed by atoms with E-state index in [9.17, 15) is 30.3 Å². The van der Waals surface area contributed by atoms with Gasteiger partial charge < -0.3 is 39.5 Å². The Labute approximate surface area is 438 Å². The van der Waals surface area contributed by atoms with Crippen LogP contribution in [0.4, 0.5) is 0 Å². The number of benzene rings is 3. The number of likely N-dealkylation sites (N-methyl/N-ethyl adjacent to an activating group) is 1. The predicted octanol–water partition coefficient (Wildman–Crippen LogP) is 6.44. The van der Waals surface area contributed by atoms with Crippen LogP contribution in [0.15, 0.2) is 72.8 Å². The minimum absolute atomic E-state index is 0.162. The van der Waals surface area contributed by atoms with Crippen molar-refractivity contribution in [3.63, 3.8) is 0 Å². The number of carbonyl (C=O) groups excluding carboxylic acids is 1. The molecule has 2 saturated heterocycles. The maximum absolute atomic E-state index is 13.8. The summed E-state index contributed by atoms with van der Waals surface area (Å²) in [5.41, 5.74) is -3.39. The molecule has 5 N–H and O–H groups in total. The van der Waals surface area contributed by atoms with E-state index in [1.807, 2.05) is 39.8 Å². The number of cyclic esters (lactones) is 1. The number of esters is 1. The number of methoxy groups -OCH3 is 3. The molecular weight excluding hydrogens is 948 g/mol. The fraction of sp³-hybridized carbons (Fsp3) is 0.672. The van der Waals surface area contributed by atoms with Crippen molar-refractivity contribution in [2.75, 3.05) is 54.7 Å². The number of hydrogen-bond donors (Lipinski definition) is 5. The zero-order chi connectivity index (χ0) is 53.8. The molecule has 0 aliphatic carbocycles. The molecule has 73 heavy (non-hydrogen) atoms. The van der Waals surface area contributed by atoms with E-state index in [0.29, 0.717) is 19.5 Å². The number of rotatable bonds is 19. The van der Waals surface area contributed by atoms with E-state index >= 15 is 0 Å². The van der Waals surface area contributed by atoms with Crippen LogP contribution in [0.3, 0.4) is 0 Å². The molecule has 2 heterocycles. The van der Waals surface area contributed by atoms with Gasteiger partial charge in [-0.15, -0.1) is 0 Å². The summed E-state index contributed by atoms with van der Waals surface area (Å²) in [6, 6.07) is 24.9. The van der Waals surface area contributed by atoms with E-state index in [1.54, 1.807) is 49.0 Å². The SMILES string of the molecule is CC[C@H]1OC(=O)[C@H](C)[C@@H](O)[C@H](C)[C@@H](O[C@@H]2O[C@H](C)C[C@H](N(C)C)[C@H]2O)[C@](C)(O)C[C@@H](C)CN(CCCCCCCC[PH](c2ccc(OC)cc2)(c2ccc(OC)cc2)c2ccc(OC)cc2)[C@H](C)[C@@H](O)[C@]1(C)O. The fourth-order valence-electron chi connectivity index (χ4n) is 11.9. The summed E-state index contributed by atoms with van der Waals surface area (Å²) in [5.74, 6) is -0.353. The predicted molar refractivity (Wildman–Crippen MR) is 293 cm³/mol. The first-order chi connectivity index (χ1) is 34.5. The average molecular weight is 1040 g/mol. The number of ether oxygens (including phenoxy) is 6. The first kappa shape index (κ1) is 60.5. The Morgan fingerprint density at radius 2 is 1.21 bits per heavy atom. The van der Waals surface area contributed by atoms with Gasteiger partial charge in [0.25, 0.3) is 0 Å². The standard InChI is InChI=1S/C58H93N2O12P/c1-14-50-58(8,66)53(63)42(6)60(37-38(2)36-57(7,65)54(40(4)51(61)41(5)55(64)71-50)72-56-52(62)49(59(9)10)35-39(3)70-56)33-19-17-15-16-18-20-34-73(46-27-21-43(67-11)22-28-46,47-29-23-44(68-12)24-30-47)48-31-25-45(69-13)26-32-48/h21-32,38-42,49-54,56,61-63,65-66,73H,14-20,33-37H2,1-13H3/t38-,39-,40+,41-,42-,49+,50-,51+,52-,53-,54-,56+,57-,58-/m1/s1. The molecule has 2 aliphatic rings. The van der Waals surface area contributed by atoms with E-state index in [1.165, 1.54) is 22.8 Å². The van der Waals surface area contributed by atoms with Gasteiger partial charge in [0.15, 0.2) is 6.29 Å². The number of nitrogens with zero attached hydrogens (tertiary/aromatic N) is 2. The van der Waals surface area contributed by atoms with Crippen LogP contribution >= 0.6 is 7.26 Å². The molecule has 0 aromatic heterocycles. The van der Waals surface area contributed by atoms with E-state index in [0.717, 1.165) is 61.9 Å². The van der Waals surface area contributed by atoms with Gasteiger partial charge in [-0.2, -0.15) is 0 Å². The van der Waals surface area contributed by atoms with E-state index in [4.69, 9.17) is 28.4 Å². The Hall–Kier alpha value is -3.40. The molecule has 5 rings (SSSR count). The molecule has 15 heteroatoms. The first-order valence-corrected chi connectivity index (χ1v) is 29.1. The second kappa shape index (κ2) is 27.1. The molecule has 0 unspecified atom stereocenters. The number of aliphatic hydroxyl groups excluding tert-OH is 3.